The molecule has 6 nitrogen and oxygen atoms in total. The summed E-state index contributed by atoms with van der Waals surface area (Å²) in [5.74, 6) is 2.23. The summed E-state index contributed by atoms with van der Waals surface area (Å²) in [4.78, 5) is 4.35. The minimum atomic E-state index is 0. The van der Waals surface area contributed by atoms with Crippen LogP contribution in [0.15, 0.2) is 29.3 Å². The molecule has 0 fully saturated rings. The number of nitrogens with one attached hydrogen (secondary N) is 2. The first-order chi connectivity index (χ1) is 13.3. The molecule has 1 aromatic heterocycles. The summed E-state index contributed by atoms with van der Waals surface area (Å²) in [6.07, 6.45) is 0.919. The number of benzene rings is 1. The molecule has 2 N–H and O–H groups in total. The largest absolute Gasteiger partial charge is 0.493 e. The van der Waals surface area contributed by atoms with Crippen molar-refractivity contribution >= 4 is 29.9 Å². The van der Waals surface area contributed by atoms with Gasteiger partial charge in [-0.1, -0.05) is 26.0 Å². The van der Waals surface area contributed by atoms with Gasteiger partial charge in [-0.2, -0.15) is 5.10 Å². The average Bonchev–Trinajstić information content (AvgIpc) is 2.91. The molecule has 0 aliphatic carbocycles. The van der Waals surface area contributed by atoms with Gasteiger partial charge >= 0.3 is 0 Å². The molecule has 29 heavy (non-hydrogen) atoms. The lowest BCUT2D eigenvalue weighted by Crippen LogP contribution is -2.39. The molecule has 0 saturated heterocycles. The van der Waals surface area contributed by atoms with Crippen molar-refractivity contribution in [3.05, 3.63) is 46.8 Å². The average molecular weight is 513 g/mol. The molecule has 0 spiro atoms. The zero-order valence-electron chi connectivity index (χ0n) is 18.7. The van der Waals surface area contributed by atoms with Crippen molar-refractivity contribution in [3.63, 3.8) is 0 Å². The van der Waals surface area contributed by atoms with E-state index in [0.29, 0.717) is 5.92 Å². The molecule has 0 aliphatic heterocycles. The van der Waals surface area contributed by atoms with Crippen molar-refractivity contribution < 1.29 is 4.74 Å². The van der Waals surface area contributed by atoms with Crippen LogP contribution in [0.4, 0.5) is 0 Å². The lowest BCUT2D eigenvalue weighted by atomic mass is 10.1. The van der Waals surface area contributed by atoms with Crippen LogP contribution in [0.1, 0.15) is 49.3 Å². The lowest BCUT2D eigenvalue weighted by molar-refractivity contribution is 0.271. The van der Waals surface area contributed by atoms with E-state index in [0.717, 1.165) is 37.0 Å². The van der Waals surface area contributed by atoms with Crippen LogP contribution in [0.5, 0.6) is 5.75 Å². The van der Waals surface area contributed by atoms with E-state index in [-0.39, 0.29) is 30.0 Å². The lowest BCUT2D eigenvalue weighted by Gasteiger charge is -2.19. The predicted octanol–water partition coefficient (Wildman–Crippen LogP) is 4.16. The normalized spacial score (nSPS) is 12.5. The smallest absolute Gasteiger partial charge is 0.191 e. The van der Waals surface area contributed by atoms with Gasteiger partial charge in [-0.05, 0) is 56.4 Å². The fourth-order valence-electron chi connectivity index (χ4n) is 3.08. The minimum absolute atomic E-state index is 0. The Hall–Kier alpha value is -1.77. The molecule has 0 saturated carbocycles. The monoisotopic (exact) mass is 513 g/mol. The van der Waals surface area contributed by atoms with Crippen molar-refractivity contribution in [1.29, 1.82) is 0 Å². The molecule has 1 aromatic carbocycles. The number of ether oxygens (including phenoxy) is 1. The van der Waals surface area contributed by atoms with E-state index in [9.17, 15) is 0 Å². The molecule has 2 rings (SSSR count). The quantitative estimate of drug-likeness (QED) is 0.316. The molecule has 0 amide bonds. The summed E-state index contributed by atoms with van der Waals surface area (Å²) in [6.45, 7) is 12.1. The Bertz CT molecular complexity index is 783. The van der Waals surface area contributed by atoms with Crippen molar-refractivity contribution in [1.82, 2.24) is 20.4 Å². The van der Waals surface area contributed by atoms with E-state index < -0.39 is 0 Å². The van der Waals surface area contributed by atoms with Crippen LogP contribution in [0.25, 0.3) is 0 Å². The number of rotatable bonds is 8. The van der Waals surface area contributed by atoms with Gasteiger partial charge in [0.05, 0.1) is 18.3 Å². The van der Waals surface area contributed by atoms with Gasteiger partial charge in [-0.3, -0.25) is 9.67 Å². The fourth-order valence-corrected chi connectivity index (χ4v) is 3.08. The second-order valence-electron chi connectivity index (χ2n) is 7.66. The molecule has 1 atom stereocenters. The van der Waals surface area contributed by atoms with Crippen molar-refractivity contribution in [2.75, 3.05) is 20.2 Å². The molecule has 0 aliphatic rings. The molecule has 7 heteroatoms. The van der Waals surface area contributed by atoms with E-state index in [1.165, 1.54) is 16.8 Å². The Kier molecular flexibility index (Phi) is 10.5. The topological polar surface area (TPSA) is 63.5 Å². The van der Waals surface area contributed by atoms with Crippen molar-refractivity contribution in [3.8, 4) is 5.75 Å². The summed E-state index contributed by atoms with van der Waals surface area (Å²) >= 11 is 0. The zero-order chi connectivity index (χ0) is 20.7. The molecule has 0 bridgehead atoms. The Morgan fingerprint density at radius 3 is 2.34 bits per heavy atom. The number of hydrogen-bond donors (Lipinski definition) is 2. The SMILES string of the molecule is CN=C(NCCc1c(C)nn(C)c1C)NC(C)c1ccc(OCC(C)C)cc1.I. The van der Waals surface area contributed by atoms with E-state index in [4.69, 9.17) is 4.74 Å². The first-order valence-electron chi connectivity index (χ1n) is 10.0. The summed E-state index contributed by atoms with van der Waals surface area (Å²) in [5, 5.41) is 11.3. The molecule has 0 radical (unpaired) electrons. The molecular formula is C22H36IN5O. The summed E-state index contributed by atoms with van der Waals surface area (Å²) in [7, 11) is 3.78. The molecule has 1 heterocycles. The first kappa shape index (κ1) is 25.3. The standard InChI is InChI=1S/C22H35N5O.HI/c1-15(2)14-28-20-10-8-19(9-11-20)16(3)25-22(23-6)24-13-12-21-17(4)26-27(7)18(21)5;/h8-11,15-16H,12-14H2,1-7H3,(H2,23,24,25);1H. The van der Waals surface area contributed by atoms with Gasteiger partial charge in [0.15, 0.2) is 5.96 Å². The predicted molar refractivity (Wildman–Crippen MR) is 131 cm³/mol. The van der Waals surface area contributed by atoms with Gasteiger partial charge in [0.1, 0.15) is 5.75 Å². The Labute approximate surface area is 192 Å². The van der Waals surface area contributed by atoms with Crippen molar-refractivity contribution in [2.45, 2.75) is 47.1 Å². The third-order valence-corrected chi connectivity index (χ3v) is 4.87. The van der Waals surface area contributed by atoms with Gasteiger partial charge in [-0.25, -0.2) is 0 Å². The van der Waals surface area contributed by atoms with Crippen LogP contribution in [0, 0.1) is 19.8 Å². The number of aliphatic imine (C=N–C) groups is 1. The second kappa shape index (κ2) is 12.0. The maximum Gasteiger partial charge on any atom is 0.191 e. The number of nitrogens with zero attached hydrogens (tertiary/aromatic N) is 3. The van der Waals surface area contributed by atoms with Crippen LogP contribution in [0.2, 0.25) is 0 Å². The molecule has 2 aromatic rings. The van der Waals surface area contributed by atoms with E-state index in [1.807, 2.05) is 23.9 Å². The van der Waals surface area contributed by atoms with Crippen LogP contribution < -0.4 is 15.4 Å². The highest BCUT2D eigenvalue weighted by atomic mass is 127. The van der Waals surface area contributed by atoms with Gasteiger partial charge in [0.25, 0.3) is 0 Å². The van der Waals surface area contributed by atoms with Gasteiger partial charge in [0.2, 0.25) is 0 Å². The zero-order valence-corrected chi connectivity index (χ0v) is 21.1. The van der Waals surface area contributed by atoms with Crippen LogP contribution in [-0.2, 0) is 13.5 Å². The highest BCUT2D eigenvalue weighted by Gasteiger charge is 2.11. The summed E-state index contributed by atoms with van der Waals surface area (Å²) in [6, 6.07) is 8.40. The molecular weight excluding hydrogens is 477 g/mol. The Morgan fingerprint density at radius 1 is 1.17 bits per heavy atom. The van der Waals surface area contributed by atoms with Crippen molar-refractivity contribution in [2.24, 2.45) is 18.0 Å². The molecule has 162 valence electrons. The highest BCUT2D eigenvalue weighted by molar-refractivity contribution is 14.0. The number of aromatic nitrogens is 2. The maximum absolute atomic E-state index is 5.76. The van der Waals surface area contributed by atoms with Gasteiger partial charge in [0, 0.05) is 26.3 Å². The second-order valence-corrected chi connectivity index (χ2v) is 7.66. The van der Waals surface area contributed by atoms with Gasteiger partial charge < -0.3 is 15.4 Å². The minimum Gasteiger partial charge on any atom is -0.493 e. The fraction of sp³-hybridized carbons (Fsp3) is 0.545. The number of guanidine groups is 1. The van der Waals surface area contributed by atoms with Crippen LogP contribution >= 0.6 is 24.0 Å². The van der Waals surface area contributed by atoms with E-state index in [1.54, 1.807) is 7.05 Å². The Balaban J connectivity index is 0.00000420. The van der Waals surface area contributed by atoms with Crippen LogP contribution in [0.3, 0.4) is 0 Å². The third kappa shape index (κ3) is 7.53. The molecule has 1 unspecified atom stereocenters. The highest BCUT2D eigenvalue weighted by Crippen LogP contribution is 2.18. The maximum atomic E-state index is 5.76. The summed E-state index contributed by atoms with van der Waals surface area (Å²) < 4.78 is 7.70. The van der Waals surface area contributed by atoms with Gasteiger partial charge in [-0.15, -0.1) is 24.0 Å². The summed E-state index contributed by atoms with van der Waals surface area (Å²) in [5.41, 5.74) is 4.81. The van der Waals surface area contributed by atoms with E-state index >= 15 is 0 Å². The third-order valence-electron chi connectivity index (χ3n) is 4.87. The number of aryl methyl sites for hydroxylation is 2. The number of halogens is 1. The van der Waals surface area contributed by atoms with Crippen LogP contribution in [-0.4, -0.2) is 35.9 Å². The first-order valence-corrected chi connectivity index (χ1v) is 10.0. The number of hydrogen-bond acceptors (Lipinski definition) is 3. The Morgan fingerprint density at radius 2 is 1.83 bits per heavy atom. The van der Waals surface area contributed by atoms with E-state index in [2.05, 4.69) is 67.5 Å².